The number of rotatable bonds is 9. The molecule has 8 heteroatoms. The molecule has 4 aromatic rings. The summed E-state index contributed by atoms with van der Waals surface area (Å²) >= 11 is 0. The summed E-state index contributed by atoms with van der Waals surface area (Å²) in [5.41, 5.74) is 4.99. The molecule has 0 saturated heterocycles. The highest BCUT2D eigenvalue weighted by Gasteiger charge is 2.13. The van der Waals surface area contributed by atoms with Crippen molar-refractivity contribution >= 4 is 23.4 Å². The van der Waals surface area contributed by atoms with Crippen molar-refractivity contribution in [3.05, 3.63) is 112 Å². The number of carboxylic acid groups (broad SMARTS) is 1. The number of amides is 2. The smallest absolute Gasteiger partial charge is 0.323 e. The lowest BCUT2D eigenvalue weighted by Crippen LogP contribution is -2.22. The molecule has 0 bridgehead atoms. The summed E-state index contributed by atoms with van der Waals surface area (Å²) in [4.78, 5) is 36.6. The van der Waals surface area contributed by atoms with E-state index in [9.17, 15) is 14.4 Å². The highest BCUT2D eigenvalue weighted by molar-refractivity contribution is 6.01. The maximum Gasteiger partial charge on any atom is 0.323 e. The van der Waals surface area contributed by atoms with E-state index in [1.807, 2.05) is 61.5 Å². The number of benzene rings is 3. The van der Waals surface area contributed by atoms with Gasteiger partial charge in [0.2, 0.25) is 0 Å². The summed E-state index contributed by atoms with van der Waals surface area (Å²) in [5, 5.41) is 14.5. The fourth-order valence-corrected chi connectivity index (χ4v) is 4.09. The third-order valence-corrected chi connectivity index (χ3v) is 6.18. The Balaban J connectivity index is 1.50. The number of para-hydroxylation sites is 1. The second kappa shape index (κ2) is 11.9. The topological polar surface area (TPSA) is 110 Å². The monoisotopic (exact) mass is 511 g/mol. The summed E-state index contributed by atoms with van der Waals surface area (Å²) in [6.45, 7) is 2.29. The lowest BCUT2D eigenvalue weighted by Gasteiger charge is -2.14. The Kier molecular flexibility index (Phi) is 8.23. The maximum absolute atomic E-state index is 13.3. The Morgan fingerprint density at radius 3 is 2.32 bits per heavy atom. The van der Waals surface area contributed by atoms with Crippen molar-refractivity contribution in [3.8, 4) is 16.9 Å². The van der Waals surface area contributed by atoms with Gasteiger partial charge in [-0.25, -0.2) is 4.79 Å². The van der Waals surface area contributed by atoms with Crippen LogP contribution in [-0.4, -0.2) is 28.8 Å². The minimum atomic E-state index is -0.830. The van der Waals surface area contributed by atoms with Gasteiger partial charge in [0.1, 0.15) is 5.75 Å². The second-order valence-electron chi connectivity index (χ2n) is 8.87. The Morgan fingerprint density at radius 2 is 1.61 bits per heavy atom. The Morgan fingerprint density at radius 1 is 0.895 bits per heavy atom. The van der Waals surface area contributed by atoms with Crippen LogP contribution in [0.15, 0.2) is 89.9 Å². The summed E-state index contributed by atoms with van der Waals surface area (Å²) in [5.74, 6) is -0.405. The zero-order chi connectivity index (χ0) is 27.1. The summed E-state index contributed by atoms with van der Waals surface area (Å²) in [6.07, 6.45) is 2.27. The van der Waals surface area contributed by atoms with E-state index < -0.39 is 12.0 Å². The minimum absolute atomic E-state index is 0.0794. The molecule has 3 N–H and O–H groups in total. The molecule has 0 unspecified atom stereocenters. The molecule has 1 heterocycles. The van der Waals surface area contributed by atoms with Crippen LogP contribution < -0.4 is 20.9 Å². The number of carboxylic acids is 1. The van der Waals surface area contributed by atoms with Crippen molar-refractivity contribution in [1.82, 2.24) is 4.57 Å². The van der Waals surface area contributed by atoms with Crippen molar-refractivity contribution in [3.63, 3.8) is 0 Å². The van der Waals surface area contributed by atoms with Crippen molar-refractivity contribution in [2.75, 3.05) is 17.7 Å². The van der Waals surface area contributed by atoms with Gasteiger partial charge >= 0.3 is 12.0 Å². The predicted molar refractivity (Wildman–Crippen MR) is 148 cm³/mol. The number of hydrogen-bond donors (Lipinski definition) is 3. The minimum Gasteiger partial charge on any atom is -0.495 e. The van der Waals surface area contributed by atoms with E-state index in [1.165, 1.54) is 7.11 Å². The van der Waals surface area contributed by atoms with Crippen LogP contribution in [0.1, 0.15) is 23.1 Å². The van der Waals surface area contributed by atoms with Gasteiger partial charge in [0.25, 0.3) is 5.56 Å². The fourth-order valence-electron chi connectivity index (χ4n) is 4.09. The molecule has 0 spiro atoms. The second-order valence-corrected chi connectivity index (χ2v) is 8.87. The predicted octanol–water partition coefficient (Wildman–Crippen LogP) is 5.54. The number of urea groups is 1. The number of ether oxygens (including phenoxy) is 1. The number of aryl methyl sites for hydroxylation is 2. The van der Waals surface area contributed by atoms with Crippen LogP contribution in [0.2, 0.25) is 0 Å². The molecule has 0 fully saturated rings. The normalized spacial score (nSPS) is 10.6. The molecular weight excluding hydrogens is 482 g/mol. The highest BCUT2D eigenvalue weighted by atomic mass is 16.5. The molecule has 3 aromatic carbocycles. The molecule has 0 saturated carbocycles. The highest BCUT2D eigenvalue weighted by Crippen LogP contribution is 2.30. The standard InChI is InChI=1S/C30H29N3O5/c1-20-6-3-4-8-25(20)31-30(37)32-26-15-14-23(18-27(26)38-2)24-7-5-17-33(29(24)36)19-22-11-9-21(10-12-22)13-16-28(34)35/h3-12,14-15,17-18H,13,16,19H2,1-2H3,(H,34,35)(H2,31,32,37). The Bertz CT molecular complexity index is 1510. The van der Waals surface area contributed by atoms with Crippen LogP contribution in [0, 0.1) is 6.92 Å². The van der Waals surface area contributed by atoms with Crippen LogP contribution in [0.25, 0.3) is 11.1 Å². The molecule has 1 aromatic heterocycles. The molecular formula is C30H29N3O5. The Labute approximate surface area is 220 Å². The number of carbonyl (C=O) groups excluding carboxylic acids is 1. The van der Waals surface area contributed by atoms with Crippen molar-refractivity contribution in [2.24, 2.45) is 0 Å². The van der Waals surface area contributed by atoms with Crippen molar-refractivity contribution in [2.45, 2.75) is 26.3 Å². The first-order valence-corrected chi connectivity index (χ1v) is 12.1. The molecule has 8 nitrogen and oxygen atoms in total. The lowest BCUT2D eigenvalue weighted by molar-refractivity contribution is -0.136. The first-order chi connectivity index (χ1) is 18.3. The number of nitrogens with zero attached hydrogens (tertiary/aromatic N) is 1. The first-order valence-electron chi connectivity index (χ1n) is 12.1. The first kappa shape index (κ1) is 26.2. The van der Waals surface area contributed by atoms with E-state index >= 15 is 0 Å². The number of aromatic nitrogens is 1. The van der Waals surface area contributed by atoms with E-state index in [1.54, 1.807) is 35.0 Å². The third-order valence-electron chi connectivity index (χ3n) is 6.18. The molecule has 194 valence electrons. The zero-order valence-electron chi connectivity index (χ0n) is 21.2. The summed E-state index contributed by atoms with van der Waals surface area (Å²) in [6, 6.07) is 23.4. The molecule has 0 atom stereocenters. The van der Waals surface area contributed by atoms with Crippen molar-refractivity contribution < 1.29 is 19.4 Å². The molecule has 2 amide bonds. The molecule has 0 aliphatic carbocycles. The van der Waals surface area contributed by atoms with Gasteiger partial charge in [0, 0.05) is 23.9 Å². The van der Waals surface area contributed by atoms with Crippen LogP contribution in [0.3, 0.4) is 0 Å². The fraction of sp³-hybridized carbons (Fsp3) is 0.167. The van der Waals surface area contributed by atoms with E-state index in [-0.39, 0.29) is 12.0 Å². The summed E-state index contributed by atoms with van der Waals surface area (Å²) in [7, 11) is 1.51. The lowest BCUT2D eigenvalue weighted by atomic mass is 10.1. The van der Waals surface area contributed by atoms with Gasteiger partial charge in [-0.3, -0.25) is 9.59 Å². The van der Waals surface area contributed by atoms with Gasteiger partial charge in [-0.15, -0.1) is 0 Å². The van der Waals surface area contributed by atoms with Crippen LogP contribution >= 0.6 is 0 Å². The number of methoxy groups -OCH3 is 1. The van der Waals surface area contributed by atoms with Crippen molar-refractivity contribution in [1.29, 1.82) is 0 Å². The molecule has 0 aliphatic rings. The van der Waals surface area contributed by atoms with E-state index in [2.05, 4.69) is 10.6 Å². The number of carbonyl (C=O) groups is 2. The Hall–Kier alpha value is -4.85. The van der Waals surface area contributed by atoms with Gasteiger partial charge in [-0.1, -0.05) is 48.5 Å². The zero-order valence-corrected chi connectivity index (χ0v) is 21.2. The largest absolute Gasteiger partial charge is 0.495 e. The van der Waals surface area contributed by atoms with Crippen LogP contribution in [0.5, 0.6) is 5.75 Å². The number of nitrogens with one attached hydrogen (secondary N) is 2. The van der Waals surface area contributed by atoms with Crippen LogP contribution in [0.4, 0.5) is 16.2 Å². The number of anilines is 2. The molecule has 0 aliphatic heterocycles. The van der Waals surface area contributed by atoms with Gasteiger partial charge in [0.05, 0.1) is 19.3 Å². The average Bonchev–Trinajstić information content (AvgIpc) is 2.91. The SMILES string of the molecule is COc1cc(-c2cccn(Cc3ccc(CCC(=O)O)cc3)c2=O)ccc1NC(=O)Nc1ccccc1C. The maximum atomic E-state index is 13.3. The van der Waals surface area contributed by atoms with E-state index in [0.29, 0.717) is 41.2 Å². The average molecular weight is 512 g/mol. The number of aliphatic carboxylic acids is 1. The third kappa shape index (κ3) is 6.47. The van der Waals surface area contributed by atoms with E-state index in [4.69, 9.17) is 9.84 Å². The summed E-state index contributed by atoms with van der Waals surface area (Å²) < 4.78 is 7.13. The van der Waals surface area contributed by atoms with Gasteiger partial charge < -0.3 is 25.0 Å². The molecule has 38 heavy (non-hydrogen) atoms. The molecule has 0 radical (unpaired) electrons. The van der Waals surface area contributed by atoms with Gasteiger partial charge in [0.15, 0.2) is 0 Å². The molecule has 4 rings (SSSR count). The van der Waals surface area contributed by atoms with Gasteiger partial charge in [-0.2, -0.15) is 0 Å². The number of hydrogen-bond acceptors (Lipinski definition) is 4. The quantitative estimate of drug-likeness (QED) is 0.273. The number of pyridine rings is 1. The van der Waals surface area contributed by atoms with E-state index in [0.717, 1.165) is 16.7 Å². The van der Waals surface area contributed by atoms with Gasteiger partial charge in [-0.05, 0) is 65.9 Å². The van der Waals surface area contributed by atoms with Crippen LogP contribution in [-0.2, 0) is 17.8 Å².